The summed E-state index contributed by atoms with van der Waals surface area (Å²) < 4.78 is 10.4. The molecule has 0 saturated carbocycles. The molecule has 0 heterocycles. The van der Waals surface area contributed by atoms with E-state index in [0.29, 0.717) is 19.7 Å². The lowest BCUT2D eigenvalue weighted by molar-refractivity contribution is 0.0304. The number of carbonyl (C=O) groups excluding carboxylic acids is 1. The van der Waals surface area contributed by atoms with Gasteiger partial charge in [0.1, 0.15) is 5.60 Å². The zero-order valence-electron chi connectivity index (χ0n) is 15.5. The van der Waals surface area contributed by atoms with Gasteiger partial charge in [-0.15, -0.1) is 24.0 Å². The second-order valence-electron chi connectivity index (χ2n) is 6.38. The van der Waals surface area contributed by atoms with Gasteiger partial charge in [-0.2, -0.15) is 0 Å². The monoisotopic (exact) mass is 464 g/mol. The fourth-order valence-electron chi connectivity index (χ4n) is 1.85. The number of guanidine groups is 1. The average Bonchev–Trinajstić information content (AvgIpc) is 2.47. The highest BCUT2D eigenvalue weighted by molar-refractivity contribution is 14.0. The van der Waals surface area contributed by atoms with E-state index in [1.165, 1.54) is 4.90 Å². The fourth-order valence-corrected chi connectivity index (χ4v) is 1.85. The number of nitrogens with one attached hydrogen (secondary N) is 1. The number of carbonyl (C=O) groups is 1. The molecule has 0 fully saturated rings. The molecule has 0 bridgehead atoms. The summed E-state index contributed by atoms with van der Waals surface area (Å²) in [4.78, 5) is 17.5. The van der Waals surface area contributed by atoms with Crippen molar-refractivity contribution in [1.82, 2.24) is 4.90 Å². The number of likely N-dealkylation sites (N-methyl/N-ethyl adjacent to an activating group) is 1. The van der Waals surface area contributed by atoms with Crippen molar-refractivity contribution in [2.75, 3.05) is 32.6 Å². The number of benzene rings is 1. The van der Waals surface area contributed by atoms with Gasteiger partial charge in [-0.25, -0.2) is 4.79 Å². The Bertz CT molecular complexity index is 573. The van der Waals surface area contributed by atoms with Crippen LogP contribution in [0.2, 0.25) is 0 Å². The topological polar surface area (TPSA) is 89.2 Å². The Morgan fingerprint density at radius 3 is 2.56 bits per heavy atom. The summed E-state index contributed by atoms with van der Waals surface area (Å²) >= 11 is 0. The first-order chi connectivity index (χ1) is 11.2. The van der Waals surface area contributed by atoms with Crippen molar-refractivity contribution in [3.05, 3.63) is 29.8 Å². The van der Waals surface area contributed by atoms with Gasteiger partial charge in [-0.3, -0.25) is 4.99 Å². The minimum absolute atomic E-state index is 0. The van der Waals surface area contributed by atoms with Crippen LogP contribution in [0.25, 0.3) is 0 Å². The van der Waals surface area contributed by atoms with E-state index in [2.05, 4.69) is 10.3 Å². The van der Waals surface area contributed by atoms with Gasteiger partial charge in [0.15, 0.2) is 5.96 Å². The van der Waals surface area contributed by atoms with Gasteiger partial charge in [-0.05, 0) is 26.8 Å². The summed E-state index contributed by atoms with van der Waals surface area (Å²) in [6.07, 6.45) is -0.380. The van der Waals surface area contributed by atoms with Crippen molar-refractivity contribution < 1.29 is 14.3 Å². The van der Waals surface area contributed by atoms with Gasteiger partial charge in [0, 0.05) is 32.0 Å². The van der Waals surface area contributed by atoms with Crippen molar-refractivity contribution in [1.29, 1.82) is 0 Å². The normalized spacial score (nSPS) is 11.5. The van der Waals surface area contributed by atoms with Crippen molar-refractivity contribution in [2.45, 2.75) is 33.0 Å². The predicted octanol–water partition coefficient (Wildman–Crippen LogP) is 3.04. The number of hydrogen-bond acceptors (Lipinski definition) is 4. The smallest absolute Gasteiger partial charge is 0.410 e. The van der Waals surface area contributed by atoms with Gasteiger partial charge < -0.3 is 25.4 Å². The first-order valence-corrected chi connectivity index (χ1v) is 7.81. The van der Waals surface area contributed by atoms with Gasteiger partial charge in [0.05, 0.1) is 13.2 Å². The van der Waals surface area contributed by atoms with E-state index < -0.39 is 5.60 Å². The zero-order valence-corrected chi connectivity index (χ0v) is 17.9. The summed E-state index contributed by atoms with van der Waals surface area (Å²) in [5.41, 5.74) is 7.22. The minimum Gasteiger partial charge on any atom is -0.444 e. The molecule has 0 aliphatic heterocycles. The lowest BCUT2D eigenvalue weighted by Crippen LogP contribution is -2.36. The second-order valence-corrected chi connectivity index (χ2v) is 6.38. The third-order valence-corrected chi connectivity index (χ3v) is 3.00. The molecule has 0 aliphatic rings. The number of para-hydroxylation sites is 1. The quantitative estimate of drug-likeness (QED) is 0.384. The number of methoxy groups -OCH3 is 1. The lowest BCUT2D eigenvalue weighted by atomic mass is 10.2. The second kappa shape index (κ2) is 11.1. The number of amides is 1. The van der Waals surface area contributed by atoms with Crippen molar-refractivity contribution in [3.8, 4) is 0 Å². The average molecular weight is 464 g/mol. The molecule has 0 spiro atoms. The van der Waals surface area contributed by atoms with Crippen molar-refractivity contribution in [3.63, 3.8) is 0 Å². The summed E-state index contributed by atoms with van der Waals surface area (Å²) in [6.45, 7) is 6.76. The van der Waals surface area contributed by atoms with E-state index in [1.54, 1.807) is 14.2 Å². The third-order valence-electron chi connectivity index (χ3n) is 3.00. The lowest BCUT2D eigenvalue weighted by Gasteiger charge is -2.24. The number of aliphatic imine (C=N–C) groups is 1. The van der Waals surface area contributed by atoms with Crippen LogP contribution >= 0.6 is 24.0 Å². The molecule has 1 aromatic carbocycles. The Labute approximate surface area is 167 Å². The summed E-state index contributed by atoms with van der Waals surface area (Å²) in [7, 11) is 3.31. The highest BCUT2D eigenvalue weighted by Gasteiger charge is 2.19. The maximum absolute atomic E-state index is 11.8. The number of nitrogens with zero attached hydrogens (tertiary/aromatic N) is 2. The maximum atomic E-state index is 11.8. The van der Waals surface area contributed by atoms with Crippen LogP contribution in [0.15, 0.2) is 29.3 Å². The van der Waals surface area contributed by atoms with Crippen LogP contribution in [0, 0.1) is 0 Å². The molecule has 0 atom stereocenters. The molecular weight excluding hydrogens is 435 g/mol. The number of halogens is 1. The van der Waals surface area contributed by atoms with Crippen LogP contribution in [0.5, 0.6) is 0 Å². The SMILES string of the molecule is COCc1ccccc1NC(N)=NCCN(C)C(=O)OC(C)(C)C.I. The maximum Gasteiger partial charge on any atom is 0.410 e. The summed E-state index contributed by atoms with van der Waals surface area (Å²) in [6, 6.07) is 7.70. The Morgan fingerprint density at radius 2 is 1.96 bits per heavy atom. The molecular formula is C17H29IN4O3. The number of hydrogen-bond donors (Lipinski definition) is 2. The highest BCUT2D eigenvalue weighted by Crippen LogP contribution is 2.15. The van der Waals surface area contributed by atoms with E-state index in [9.17, 15) is 4.79 Å². The molecule has 7 nitrogen and oxygen atoms in total. The van der Waals surface area contributed by atoms with E-state index >= 15 is 0 Å². The van der Waals surface area contributed by atoms with Crippen LogP contribution in [-0.4, -0.2) is 49.8 Å². The largest absolute Gasteiger partial charge is 0.444 e. The molecule has 0 saturated heterocycles. The first kappa shape index (κ1) is 23.4. The standard InChI is InChI=1S/C17H28N4O3.HI/c1-17(2,3)24-16(22)21(4)11-10-19-15(18)20-14-9-7-6-8-13(14)12-23-5;/h6-9H,10-12H2,1-5H3,(H3,18,19,20);1H. The Morgan fingerprint density at radius 1 is 1.32 bits per heavy atom. The van der Waals surface area contributed by atoms with Crippen LogP contribution in [0.4, 0.5) is 10.5 Å². The number of anilines is 1. The summed E-state index contributed by atoms with van der Waals surface area (Å²) in [5, 5.41) is 3.05. The van der Waals surface area contributed by atoms with E-state index in [0.717, 1.165) is 11.3 Å². The van der Waals surface area contributed by atoms with E-state index in [-0.39, 0.29) is 36.0 Å². The number of nitrogens with two attached hydrogens (primary N) is 1. The van der Waals surface area contributed by atoms with Gasteiger partial charge in [0.2, 0.25) is 0 Å². The molecule has 3 N–H and O–H groups in total. The van der Waals surface area contributed by atoms with Gasteiger partial charge in [0.25, 0.3) is 0 Å². The number of rotatable bonds is 6. The molecule has 0 unspecified atom stereocenters. The van der Waals surface area contributed by atoms with E-state index in [4.69, 9.17) is 15.2 Å². The molecule has 25 heavy (non-hydrogen) atoms. The Balaban J connectivity index is 0.00000576. The minimum atomic E-state index is -0.514. The molecule has 1 aromatic rings. The summed E-state index contributed by atoms with van der Waals surface area (Å²) in [5.74, 6) is 0.288. The van der Waals surface area contributed by atoms with Gasteiger partial charge in [-0.1, -0.05) is 18.2 Å². The Hall–Kier alpha value is -1.55. The third kappa shape index (κ3) is 9.49. The van der Waals surface area contributed by atoms with Crippen LogP contribution in [0.1, 0.15) is 26.3 Å². The van der Waals surface area contributed by atoms with Crippen LogP contribution < -0.4 is 11.1 Å². The first-order valence-electron chi connectivity index (χ1n) is 7.81. The van der Waals surface area contributed by atoms with Crippen LogP contribution in [-0.2, 0) is 16.1 Å². The zero-order chi connectivity index (χ0) is 18.2. The van der Waals surface area contributed by atoms with Gasteiger partial charge >= 0.3 is 6.09 Å². The molecule has 1 rings (SSSR count). The molecule has 8 heteroatoms. The Kier molecular flexibility index (Phi) is 10.4. The highest BCUT2D eigenvalue weighted by atomic mass is 127. The molecule has 1 amide bonds. The van der Waals surface area contributed by atoms with Crippen molar-refractivity contribution in [2.24, 2.45) is 10.7 Å². The number of ether oxygens (including phenoxy) is 2. The van der Waals surface area contributed by atoms with E-state index in [1.807, 2.05) is 45.0 Å². The molecule has 0 radical (unpaired) electrons. The molecule has 0 aromatic heterocycles. The molecule has 142 valence electrons. The van der Waals surface area contributed by atoms with Crippen LogP contribution in [0.3, 0.4) is 0 Å². The molecule has 0 aliphatic carbocycles. The van der Waals surface area contributed by atoms with Crippen molar-refractivity contribution >= 4 is 41.7 Å². The fraction of sp³-hybridized carbons (Fsp3) is 0.529. The predicted molar refractivity (Wildman–Crippen MR) is 112 cm³/mol.